The van der Waals surface area contributed by atoms with Crippen molar-refractivity contribution in [3.63, 3.8) is 0 Å². The molecule has 1 amide bonds. The summed E-state index contributed by atoms with van der Waals surface area (Å²) < 4.78 is 4.39. The van der Waals surface area contributed by atoms with Crippen molar-refractivity contribution < 1.29 is 35.4 Å². The fourth-order valence-corrected chi connectivity index (χ4v) is 1.11. The summed E-state index contributed by atoms with van der Waals surface area (Å²) >= 11 is 5.62. The van der Waals surface area contributed by atoms with Crippen molar-refractivity contribution >= 4 is 23.5 Å². The van der Waals surface area contributed by atoms with Crippen LogP contribution >= 0.6 is 11.6 Å². The molecule has 0 rings (SSSR count). The van der Waals surface area contributed by atoms with Crippen molar-refractivity contribution in [3.05, 3.63) is 5.73 Å². The molecule has 0 aromatic carbocycles. The first-order valence-corrected chi connectivity index (χ1v) is 4.06. The van der Waals surface area contributed by atoms with Crippen LogP contribution in [0.5, 0.6) is 0 Å². The zero-order valence-electron chi connectivity index (χ0n) is 7.95. The van der Waals surface area contributed by atoms with Crippen LogP contribution in [0.25, 0.3) is 5.73 Å². The summed E-state index contributed by atoms with van der Waals surface area (Å²) in [7, 11) is 2.85. The Morgan fingerprint density at radius 1 is 1.57 bits per heavy atom. The van der Waals surface area contributed by atoms with E-state index in [0.29, 0.717) is 0 Å². The zero-order valence-corrected chi connectivity index (χ0v) is 11.6. The number of ether oxygens (including phenoxy) is 1. The molecule has 1 N–H and O–H groups in total. The number of nitrogens with one attached hydrogen (secondary N) is 1. The average molecular weight is 391 g/mol. The first-order valence-electron chi connectivity index (χ1n) is 3.62. The average Bonchev–Trinajstić information content (AvgIpc) is 2.01. The van der Waals surface area contributed by atoms with Gasteiger partial charge in [-0.15, -0.1) is 11.6 Å². The number of hydrogen-bond donors (Lipinski definition) is 0. The predicted molar refractivity (Wildman–Crippen MR) is 48.5 cm³/mol. The normalized spacial score (nSPS) is 11.7. The molecule has 0 aliphatic carbocycles. The Morgan fingerprint density at radius 2 is 2.07 bits per heavy atom. The number of carbonyl (C=O) groups excluding carboxylic acids is 2. The van der Waals surface area contributed by atoms with Crippen LogP contribution in [-0.2, 0) is 35.4 Å². The van der Waals surface area contributed by atoms with Gasteiger partial charge in [0, 0.05) is 34.2 Å². The minimum atomic E-state index is -0.797. The largest absolute Gasteiger partial charge is 0.667 e. The van der Waals surface area contributed by atoms with Crippen LogP contribution in [-0.4, -0.2) is 49.4 Å². The van der Waals surface area contributed by atoms with Gasteiger partial charge < -0.3 is 15.3 Å². The second-order valence-corrected chi connectivity index (χ2v) is 3.14. The van der Waals surface area contributed by atoms with E-state index in [1.54, 1.807) is 7.05 Å². The molecule has 0 aromatic heterocycles. The Morgan fingerprint density at radius 3 is 2.43 bits per heavy atom. The third-order valence-corrected chi connectivity index (χ3v) is 1.66. The van der Waals surface area contributed by atoms with Crippen molar-refractivity contribution in [3.8, 4) is 0 Å². The van der Waals surface area contributed by atoms with Gasteiger partial charge in [-0.1, -0.05) is 0 Å². The number of carbonyl (C=O) groups is 2. The minimum absolute atomic E-state index is 0. The standard InChI is InChI=1S/C7H13ClN2O3.W/c1-10(4-6(9)11)3-5(8)7(12)13-2;/h5H,3-4H2,1-2H3,(H2,9,11);/p-1. The number of methoxy groups -OCH3 is 1. The molecular formula is C7H12ClN2O3W-. The van der Waals surface area contributed by atoms with Crippen LogP contribution in [0.3, 0.4) is 0 Å². The van der Waals surface area contributed by atoms with Crippen LogP contribution in [0.2, 0.25) is 0 Å². The Hall–Kier alpha value is -0.122. The van der Waals surface area contributed by atoms with Gasteiger partial charge in [-0.3, -0.25) is 9.69 Å². The molecule has 7 heteroatoms. The van der Waals surface area contributed by atoms with Crippen LogP contribution < -0.4 is 0 Å². The SMILES string of the molecule is COC(=O)C(Cl)CN(C)CC([NH-])=O.[W]. The van der Waals surface area contributed by atoms with E-state index < -0.39 is 17.3 Å². The van der Waals surface area contributed by atoms with Gasteiger partial charge in [-0.2, -0.15) is 0 Å². The second kappa shape index (κ2) is 8.21. The van der Waals surface area contributed by atoms with Crippen LogP contribution in [0.4, 0.5) is 0 Å². The van der Waals surface area contributed by atoms with E-state index >= 15 is 0 Å². The van der Waals surface area contributed by atoms with E-state index in [9.17, 15) is 9.59 Å². The molecule has 0 fully saturated rings. The zero-order chi connectivity index (χ0) is 10.4. The Kier molecular flexibility index (Phi) is 9.56. The maximum Gasteiger partial charge on any atom is 0.325 e. The van der Waals surface area contributed by atoms with Crippen molar-refractivity contribution in [1.82, 2.24) is 4.90 Å². The summed E-state index contributed by atoms with van der Waals surface area (Å²) in [5.74, 6) is -1.25. The summed E-state index contributed by atoms with van der Waals surface area (Å²) in [4.78, 5) is 22.7. The Bertz CT molecular complexity index is 203. The van der Waals surface area contributed by atoms with Gasteiger partial charge in [0.1, 0.15) is 5.38 Å². The molecule has 0 bridgehead atoms. The summed E-state index contributed by atoms with van der Waals surface area (Å²) in [5, 5.41) is -0.797. The third kappa shape index (κ3) is 7.30. The smallest absolute Gasteiger partial charge is 0.325 e. The van der Waals surface area contributed by atoms with E-state index in [1.165, 1.54) is 12.0 Å². The van der Waals surface area contributed by atoms with Gasteiger partial charge in [-0.25, -0.2) is 0 Å². The van der Waals surface area contributed by atoms with Gasteiger partial charge in [-0.05, 0) is 7.05 Å². The van der Waals surface area contributed by atoms with Gasteiger partial charge in [0.25, 0.3) is 0 Å². The molecule has 0 aliphatic rings. The number of halogens is 1. The number of esters is 1. The van der Waals surface area contributed by atoms with E-state index in [1.807, 2.05) is 0 Å². The number of alkyl halides is 1. The molecule has 0 spiro atoms. The van der Waals surface area contributed by atoms with E-state index in [0.717, 1.165) is 0 Å². The first kappa shape index (κ1) is 16.3. The van der Waals surface area contributed by atoms with E-state index in [2.05, 4.69) is 4.74 Å². The molecular weight excluding hydrogens is 379 g/mol. The summed E-state index contributed by atoms with van der Waals surface area (Å²) in [5.41, 5.74) is 6.66. The van der Waals surface area contributed by atoms with Crippen molar-refractivity contribution in [1.29, 1.82) is 0 Å². The van der Waals surface area contributed by atoms with Gasteiger partial charge in [0.15, 0.2) is 0 Å². The first-order chi connectivity index (χ1) is 5.97. The molecule has 5 nitrogen and oxygen atoms in total. The molecule has 0 aromatic rings. The third-order valence-electron chi connectivity index (χ3n) is 1.34. The molecule has 0 saturated heterocycles. The van der Waals surface area contributed by atoms with Crippen molar-refractivity contribution in [2.75, 3.05) is 27.2 Å². The number of nitrogens with zero attached hydrogens (tertiary/aromatic N) is 1. The van der Waals surface area contributed by atoms with E-state index in [-0.39, 0.29) is 34.2 Å². The number of hydrogen-bond acceptors (Lipinski definition) is 4. The number of amides is 1. The maximum absolute atomic E-state index is 10.8. The minimum Gasteiger partial charge on any atom is -0.667 e. The number of likely N-dealkylation sites (N-methyl/N-ethyl adjacent to an activating group) is 1. The molecule has 0 aliphatic heterocycles. The molecule has 0 saturated carbocycles. The van der Waals surface area contributed by atoms with Gasteiger partial charge in [0.05, 0.1) is 13.0 Å². The van der Waals surface area contributed by atoms with Gasteiger partial charge >= 0.3 is 5.97 Å². The van der Waals surface area contributed by atoms with Crippen LogP contribution in [0, 0.1) is 0 Å². The Labute approximate surface area is 102 Å². The molecule has 82 valence electrons. The van der Waals surface area contributed by atoms with E-state index in [4.69, 9.17) is 17.3 Å². The molecule has 0 heterocycles. The molecule has 14 heavy (non-hydrogen) atoms. The predicted octanol–water partition coefficient (Wildman–Crippen LogP) is 0.275. The number of rotatable bonds is 5. The van der Waals surface area contributed by atoms with Crippen LogP contribution in [0.1, 0.15) is 0 Å². The monoisotopic (exact) mass is 391 g/mol. The molecule has 1 unspecified atom stereocenters. The van der Waals surface area contributed by atoms with Crippen LogP contribution in [0.15, 0.2) is 0 Å². The molecule has 1 atom stereocenters. The van der Waals surface area contributed by atoms with Crippen molar-refractivity contribution in [2.45, 2.75) is 5.38 Å². The topological polar surface area (TPSA) is 70.4 Å². The van der Waals surface area contributed by atoms with Crippen molar-refractivity contribution in [2.24, 2.45) is 0 Å². The maximum atomic E-state index is 10.8. The second-order valence-electron chi connectivity index (χ2n) is 2.61. The fourth-order valence-electron chi connectivity index (χ4n) is 0.786. The summed E-state index contributed by atoms with van der Waals surface area (Å²) in [6.07, 6.45) is 0. The summed E-state index contributed by atoms with van der Waals surface area (Å²) in [6.45, 7) is 0.152. The quantitative estimate of drug-likeness (QED) is 0.499. The fraction of sp³-hybridized carbons (Fsp3) is 0.714. The van der Waals surface area contributed by atoms with Gasteiger partial charge in [0.2, 0.25) is 0 Å². The summed E-state index contributed by atoms with van der Waals surface area (Å²) in [6, 6.07) is 0. The Balaban J connectivity index is 0. The molecule has 0 radical (unpaired) electrons.